The number of anilines is 3. The van der Waals surface area contributed by atoms with Crippen LogP contribution in [0.25, 0.3) is 91.9 Å². The quantitative estimate of drug-likeness (QED) is 0.168. The number of para-hydroxylation sites is 3. The zero-order valence-corrected chi connectivity index (χ0v) is 32.2. The van der Waals surface area contributed by atoms with E-state index in [1.165, 1.54) is 47.6 Å². The molecule has 9 aromatic carbocycles. The van der Waals surface area contributed by atoms with Crippen molar-refractivity contribution in [3.05, 3.63) is 206 Å². The summed E-state index contributed by atoms with van der Waals surface area (Å²) in [5.74, 6) is 0. The predicted octanol–water partition coefficient (Wildman–Crippen LogP) is 15.9. The first kappa shape index (κ1) is 32.8. The highest BCUT2D eigenvalue weighted by atomic mass is 32.1. The highest BCUT2D eigenvalue weighted by Gasteiger charge is 2.19. The van der Waals surface area contributed by atoms with Gasteiger partial charge in [-0.15, -0.1) is 11.3 Å². The summed E-state index contributed by atoms with van der Waals surface area (Å²) in [5, 5.41) is 7.37. The molecular formula is C54H34N2OS. The first-order valence-electron chi connectivity index (χ1n) is 19.7. The van der Waals surface area contributed by atoms with Gasteiger partial charge in [-0.05, 0) is 107 Å². The molecule has 0 fully saturated rings. The Morgan fingerprint density at radius 3 is 1.83 bits per heavy atom. The maximum atomic E-state index is 6.26. The number of nitrogens with zero attached hydrogens (tertiary/aromatic N) is 2. The van der Waals surface area contributed by atoms with Crippen LogP contribution in [0.3, 0.4) is 0 Å². The minimum Gasteiger partial charge on any atom is -0.456 e. The summed E-state index contributed by atoms with van der Waals surface area (Å²) < 4.78 is 11.3. The van der Waals surface area contributed by atoms with Crippen molar-refractivity contribution in [2.24, 2.45) is 0 Å². The molecule has 0 aliphatic heterocycles. The Labute approximate surface area is 338 Å². The van der Waals surface area contributed by atoms with Crippen LogP contribution in [0.5, 0.6) is 0 Å². The van der Waals surface area contributed by atoms with Gasteiger partial charge in [-0.3, -0.25) is 0 Å². The van der Waals surface area contributed by atoms with Crippen molar-refractivity contribution >= 4 is 92.3 Å². The van der Waals surface area contributed by atoms with Crippen LogP contribution in [-0.2, 0) is 0 Å². The summed E-state index contributed by atoms with van der Waals surface area (Å²) in [6.45, 7) is 0. The Balaban J connectivity index is 1.01. The van der Waals surface area contributed by atoms with Crippen LogP contribution < -0.4 is 4.90 Å². The molecular weight excluding hydrogens is 725 g/mol. The Kier molecular flexibility index (Phi) is 7.40. The number of hydrogen-bond acceptors (Lipinski definition) is 3. The van der Waals surface area contributed by atoms with Gasteiger partial charge in [-0.25, -0.2) is 0 Å². The van der Waals surface area contributed by atoms with E-state index in [9.17, 15) is 0 Å². The Bertz CT molecular complexity index is 3500. The van der Waals surface area contributed by atoms with Gasteiger partial charge in [0.05, 0.1) is 11.0 Å². The van der Waals surface area contributed by atoms with Crippen molar-refractivity contribution in [3.63, 3.8) is 0 Å². The summed E-state index contributed by atoms with van der Waals surface area (Å²) in [6.07, 6.45) is 0. The van der Waals surface area contributed by atoms with Crippen molar-refractivity contribution < 1.29 is 4.42 Å². The van der Waals surface area contributed by atoms with Crippen LogP contribution in [-0.4, -0.2) is 4.57 Å². The number of hydrogen-bond donors (Lipinski definition) is 0. The summed E-state index contributed by atoms with van der Waals surface area (Å²) in [4.78, 5) is 2.38. The molecule has 0 unspecified atom stereocenters. The van der Waals surface area contributed by atoms with Crippen molar-refractivity contribution in [2.45, 2.75) is 0 Å². The summed E-state index contributed by atoms with van der Waals surface area (Å²) in [5.41, 5.74) is 13.3. The molecule has 3 aromatic heterocycles. The second kappa shape index (κ2) is 13.1. The third-order valence-electron chi connectivity index (χ3n) is 11.6. The topological polar surface area (TPSA) is 21.3 Å². The molecule has 0 saturated heterocycles. The minimum atomic E-state index is 0.901. The fourth-order valence-corrected chi connectivity index (χ4v) is 10.0. The SMILES string of the molecule is c1ccc(-n2c3ccccc3c3ccc(N(c4ccc(-c5ccc6sc7ccccc7c6c5)cc4)c4ccc(-c5cccc6oc7ccccc7c56)cc4)cc32)cc1. The van der Waals surface area contributed by atoms with E-state index in [2.05, 4.69) is 204 Å². The zero-order chi connectivity index (χ0) is 38.2. The van der Waals surface area contributed by atoms with E-state index in [0.29, 0.717) is 0 Å². The van der Waals surface area contributed by atoms with Gasteiger partial charge in [-0.1, -0.05) is 121 Å². The van der Waals surface area contributed by atoms with Crippen LogP contribution >= 0.6 is 11.3 Å². The van der Waals surface area contributed by atoms with Gasteiger partial charge in [0.15, 0.2) is 0 Å². The molecule has 58 heavy (non-hydrogen) atoms. The van der Waals surface area contributed by atoms with Crippen molar-refractivity contribution in [1.82, 2.24) is 4.57 Å². The first-order chi connectivity index (χ1) is 28.7. The molecule has 0 N–H and O–H groups in total. The maximum Gasteiger partial charge on any atom is 0.136 e. The lowest BCUT2D eigenvalue weighted by Crippen LogP contribution is -2.10. The number of furan rings is 1. The van der Waals surface area contributed by atoms with E-state index in [1.54, 1.807) is 0 Å². The molecule has 3 nitrogen and oxygen atoms in total. The Hall–Kier alpha value is -7.40. The molecule has 0 amide bonds. The molecule has 0 radical (unpaired) electrons. The molecule has 4 heteroatoms. The fraction of sp³-hybridized carbons (Fsp3) is 0. The summed E-state index contributed by atoms with van der Waals surface area (Å²) in [7, 11) is 0. The molecule has 12 rings (SSSR count). The van der Waals surface area contributed by atoms with Gasteiger partial charge in [0.25, 0.3) is 0 Å². The highest BCUT2D eigenvalue weighted by molar-refractivity contribution is 7.25. The third-order valence-corrected chi connectivity index (χ3v) is 12.8. The minimum absolute atomic E-state index is 0.901. The van der Waals surface area contributed by atoms with E-state index in [1.807, 2.05) is 23.5 Å². The average Bonchev–Trinajstić information content (AvgIpc) is 3.96. The highest BCUT2D eigenvalue weighted by Crippen LogP contribution is 2.43. The molecule has 272 valence electrons. The first-order valence-corrected chi connectivity index (χ1v) is 20.5. The van der Waals surface area contributed by atoms with Crippen LogP contribution in [0, 0.1) is 0 Å². The molecule has 0 aliphatic carbocycles. The maximum absolute atomic E-state index is 6.26. The molecule has 12 aromatic rings. The van der Waals surface area contributed by atoms with Gasteiger partial charge in [0.2, 0.25) is 0 Å². The standard InChI is InChI=1S/C54H34N2OS/c1-2-11-38(12-3-1)56-48-17-7-4-13-43(48)44-31-30-41(34-49(44)56)55(39-26-21-35(22-27-39)37-25-32-53-47(33-37)45-14-6-9-20-52(45)58-53)40-28-23-36(24-29-40)42-16-10-19-51-54(42)46-15-5-8-18-50(46)57-51/h1-34H. The van der Waals surface area contributed by atoms with Crippen LogP contribution in [0.4, 0.5) is 17.1 Å². The third kappa shape index (κ3) is 5.19. The van der Waals surface area contributed by atoms with Gasteiger partial charge in [0.1, 0.15) is 11.2 Å². The molecule has 0 atom stereocenters. The molecule has 3 heterocycles. The molecule has 0 spiro atoms. The van der Waals surface area contributed by atoms with E-state index < -0.39 is 0 Å². The van der Waals surface area contributed by atoms with Crippen molar-refractivity contribution in [2.75, 3.05) is 4.90 Å². The lowest BCUT2D eigenvalue weighted by molar-refractivity contribution is 0.669. The second-order valence-electron chi connectivity index (χ2n) is 14.9. The Morgan fingerprint density at radius 2 is 1.00 bits per heavy atom. The monoisotopic (exact) mass is 758 g/mol. The van der Waals surface area contributed by atoms with E-state index in [4.69, 9.17) is 4.42 Å². The molecule has 0 bridgehead atoms. The lowest BCUT2D eigenvalue weighted by atomic mass is 9.99. The molecule has 0 saturated carbocycles. The van der Waals surface area contributed by atoms with Crippen LogP contribution in [0.1, 0.15) is 0 Å². The number of fused-ring (bicyclic) bond motifs is 9. The van der Waals surface area contributed by atoms with Gasteiger partial charge in [0, 0.05) is 64.5 Å². The van der Waals surface area contributed by atoms with Crippen molar-refractivity contribution in [1.29, 1.82) is 0 Å². The number of benzene rings is 9. The van der Waals surface area contributed by atoms with Crippen molar-refractivity contribution in [3.8, 4) is 27.9 Å². The van der Waals surface area contributed by atoms with Crippen LogP contribution in [0.15, 0.2) is 211 Å². The van der Waals surface area contributed by atoms with E-state index in [-0.39, 0.29) is 0 Å². The fourth-order valence-electron chi connectivity index (χ4n) is 8.91. The normalized spacial score (nSPS) is 11.8. The second-order valence-corrected chi connectivity index (χ2v) is 16.0. The van der Waals surface area contributed by atoms with E-state index >= 15 is 0 Å². The van der Waals surface area contributed by atoms with Gasteiger partial charge < -0.3 is 13.9 Å². The summed E-state index contributed by atoms with van der Waals surface area (Å²) in [6, 6.07) is 74.5. The summed E-state index contributed by atoms with van der Waals surface area (Å²) >= 11 is 1.86. The van der Waals surface area contributed by atoms with Crippen LogP contribution in [0.2, 0.25) is 0 Å². The number of thiophene rings is 1. The van der Waals surface area contributed by atoms with E-state index in [0.717, 1.165) is 61.3 Å². The largest absolute Gasteiger partial charge is 0.456 e. The predicted molar refractivity (Wildman–Crippen MR) is 247 cm³/mol. The average molecular weight is 759 g/mol. The van der Waals surface area contributed by atoms with Gasteiger partial charge in [-0.2, -0.15) is 0 Å². The number of aromatic nitrogens is 1. The number of rotatable bonds is 6. The van der Waals surface area contributed by atoms with Gasteiger partial charge >= 0.3 is 0 Å². The molecule has 0 aliphatic rings. The zero-order valence-electron chi connectivity index (χ0n) is 31.3. The smallest absolute Gasteiger partial charge is 0.136 e. The Morgan fingerprint density at radius 1 is 0.379 bits per heavy atom. The lowest BCUT2D eigenvalue weighted by Gasteiger charge is -2.26.